The number of aryl methyl sites for hydroxylation is 1. The summed E-state index contributed by atoms with van der Waals surface area (Å²) in [5, 5.41) is 3.43. The maximum Gasteiger partial charge on any atom is 0.264 e. The molecule has 2 aromatic rings. The van der Waals surface area contributed by atoms with Gasteiger partial charge in [0.25, 0.3) is 10.0 Å². The Morgan fingerprint density at radius 2 is 2.12 bits per heavy atom. The van der Waals surface area contributed by atoms with Gasteiger partial charge in [-0.1, -0.05) is 23.2 Å². The summed E-state index contributed by atoms with van der Waals surface area (Å²) < 4.78 is 27.2. The molecule has 1 aromatic heterocycles. The molecule has 0 aliphatic heterocycles. The van der Waals surface area contributed by atoms with Crippen molar-refractivity contribution in [2.45, 2.75) is 17.6 Å². The average molecular weight is 436 g/mol. The van der Waals surface area contributed by atoms with E-state index in [2.05, 4.69) is 25.0 Å². The fourth-order valence-corrected chi connectivity index (χ4v) is 4.23. The van der Waals surface area contributed by atoms with E-state index in [0.29, 0.717) is 6.54 Å². The van der Waals surface area contributed by atoms with Gasteiger partial charge in [-0.25, -0.2) is 18.1 Å². The van der Waals surface area contributed by atoms with Gasteiger partial charge in [-0.3, -0.25) is 4.99 Å². The fourth-order valence-electron chi connectivity index (χ4n) is 1.93. The second kappa shape index (κ2) is 9.50. The number of benzene rings is 1. The summed E-state index contributed by atoms with van der Waals surface area (Å²) >= 11 is 13.4. The molecular formula is C15H19Cl2N5O2S2. The Morgan fingerprint density at radius 3 is 2.73 bits per heavy atom. The van der Waals surface area contributed by atoms with Crippen LogP contribution in [-0.2, 0) is 15.8 Å². The number of aromatic nitrogens is 2. The van der Waals surface area contributed by atoms with Crippen LogP contribution in [0.25, 0.3) is 0 Å². The molecule has 0 aliphatic rings. The van der Waals surface area contributed by atoms with Crippen molar-refractivity contribution in [2.75, 3.05) is 19.3 Å². The van der Waals surface area contributed by atoms with Gasteiger partial charge >= 0.3 is 0 Å². The van der Waals surface area contributed by atoms with Gasteiger partial charge in [-0.05, 0) is 25.1 Å². The van der Waals surface area contributed by atoms with Crippen LogP contribution in [0, 0.1) is 6.92 Å². The van der Waals surface area contributed by atoms with Crippen molar-refractivity contribution in [3.63, 3.8) is 0 Å². The number of sulfonamides is 1. The van der Waals surface area contributed by atoms with E-state index in [1.165, 1.54) is 25.2 Å². The number of H-pyrrole nitrogens is 1. The standard InChI is InChI=1S/C15H19Cl2N5O2S2/c1-10-14(21-9-20-10)8-25-6-5-19-15(18-2)22-26(23,24)11-3-4-12(16)13(17)7-11/h3-4,7,9H,5-6,8H2,1-2H3,(H,20,21)(H2,18,19,22). The van der Waals surface area contributed by atoms with Crippen LogP contribution in [0.4, 0.5) is 0 Å². The van der Waals surface area contributed by atoms with Crippen LogP contribution in [0.15, 0.2) is 34.4 Å². The Morgan fingerprint density at radius 1 is 1.35 bits per heavy atom. The number of nitrogens with zero attached hydrogens (tertiary/aromatic N) is 2. The van der Waals surface area contributed by atoms with E-state index in [4.69, 9.17) is 23.2 Å². The van der Waals surface area contributed by atoms with Crippen molar-refractivity contribution in [3.05, 3.63) is 46.0 Å². The number of guanidine groups is 1. The zero-order valence-corrected chi connectivity index (χ0v) is 17.4. The van der Waals surface area contributed by atoms with E-state index in [0.717, 1.165) is 22.9 Å². The quantitative estimate of drug-likeness (QED) is 0.352. The maximum atomic E-state index is 12.4. The third-order valence-corrected chi connectivity index (χ3v) is 6.41. The molecule has 0 spiro atoms. The van der Waals surface area contributed by atoms with E-state index < -0.39 is 10.0 Å². The first-order valence-corrected chi connectivity index (χ1v) is 11.0. The monoisotopic (exact) mass is 435 g/mol. The smallest absolute Gasteiger partial charge is 0.264 e. The van der Waals surface area contributed by atoms with Crippen LogP contribution in [0.3, 0.4) is 0 Å². The Balaban J connectivity index is 1.84. The highest BCUT2D eigenvalue weighted by atomic mass is 35.5. The van der Waals surface area contributed by atoms with E-state index in [1.807, 2.05) is 6.92 Å². The summed E-state index contributed by atoms with van der Waals surface area (Å²) in [6, 6.07) is 4.11. The number of aliphatic imine (C=N–C) groups is 1. The highest BCUT2D eigenvalue weighted by Gasteiger charge is 2.17. The number of aromatic amines is 1. The first kappa shape index (κ1) is 20.9. The maximum absolute atomic E-state index is 12.4. The van der Waals surface area contributed by atoms with E-state index in [-0.39, 0.29) is 20.9 Å². The van der Waals surface area contributed by atoms with E-state index in [1.54, 1.807) is 18.1 Å². The van der Waals surface area contributed by atoms with Crippen molar-refractivity contribution in [3.8, 4) is 0 Å². The van der Waals surface area contributed by atoms with Gasteiger partial charge in [0.2, 0.25) is 5.96 Å². The molecule has 0 fully saturated rings. The van der Waals surface area contributed by atoms with Gasteiger partial charge in [-0.15, -0.1) is 0 Å². The Labute approximate surface area is 167 Å². The molecule has 142 valence electrons. The lowest BCUT2D eigenvalue weighted by Gasteiger charge is -2.12. The van der Waals surface area contributed by atoms with E-state index >= 15 is 0 Å². The zero-order valence-electron chi connectivity index (χ0n) is 14.2. The molecule has 11 heteroatoms. The van der Waals surface area contributed by atoms with Gasteiger partial charge in [0.05, 0.1) is 27.0 Å². The predicted octanol–water partition coefficient (Wildman–Crippen LogP) is 2.81. The Bertz CT molecular complexity index is 884. The number of thioether (sulfide) groups is 1. The second-order valence-corrected chi connectivity index (χ2v) is 8.81. The van der Waals surface area contributed by atoms with Gasteiger partial charge < -0.3 is 10.3 Å². The third kappa shape index (κ3) is 5.80. The van der Waals surface area contributed by atoms with Crippen LogP contribution >= 0.6 is 35.0 Å². The van der Waals surface area contributed by atoms with Crippen LogP contribution < -0.4 is 10.0 Å². The molecule has 0 radical (unpaired) electrons. The highest BCUT2D eigenvalue weighted by Crippen LogP contribution is 2.24. The van der Waals surface area contributed by atoms with Crippen molar-refractivity contribution in [2.24, 2.45) is 4.99 Å². The summed E-state index contributed by atoms with van der Waals surface area (Å²) in [5.74, 6) is 1.71. The molecule has 0 saturated heterocycles. The van der Waals surface area contributed by atoms with Gasteiger partial charge in [-0.2, -0.15) is 11.8 Å². The minimum atomic E-state index is -3.80. The minimum Gasteiger partial charge on any atom is -0.355 e. The Hall–Kier alpha value is -1.42. The van der Waals surface area contributed by atoms with Gasteiger partial charge in [0, 0.05) is 30.8 Å². The molecule has 0 atom stereocenters. The summed E-state index contributed by atoms with van der Waals surface area (Å²) in [6.07, 6.45) is 1.67. The topological polar surface area (TPSA) is 99.2 Å². The number of halogens is 2. The van der Waals surface area contributed by atoms with Crippen molar-refractivity contribution < 1.29 is 8.42 Å². The second-order valence-electron chi connectivity index (χ2n) is 5.21. The molecule has 0 saturated carbocycles. The largest absolute Gasteiger partial charge is 0.355 e. The minimum absolute atomic E-state index is 0.0123. The number of hydrogen-bond acceptors (Lipinski definition) is 5. The predicted molar refractivity (Wildman–Crippen MR) is 108 cm³/mol. The molecule has 7 nitrogen and oxygen atoms in total. The van der Waals surface area contributed by atoms with Crippen molar-refractivity contribution in [1.29, 1.82) is 0 Å². The number of hydrogen-bond donors (Lipinski definition) is 3. The third-order valence-electron chi connectivity index (χ3n) is 3.37. The first-order valence-electron chi connectivity index (χ1n) is 7.58. The first-order chi connectivity index (χ1) is 12.3. The summed E-state index contributed by atoms with van der Waals surface area (Å²) in [7, 11) is -2.30. The number of imidazole rings is 1. The SMILES string of the molecule is CN=C(NCCSCc1nc[nH]c1C)NS(=O)(=O)c1ccc(Cl)c(Cl)c1. The number of nitrogens with one attached hydrogen (secondary N) is 3. The van der Waals surface area contributed by atoms with Gasteiger partial charge in [0.1, 0.15) is 0 Å². The Kier molecular flexibility index (Phi) is 7.63. The molecular weight excluding hydrogens is 417 g/mol. The average Bonchev–Trinajstić information content (AvgIpc) is 3.00. The normalized spacial score (nSPS) is 12.2. The lowest BCUT2D eigenvalue weighted by atomic mass is 10.4. The molecule has 0 amide bonds. The summed E-state index contributed by atoms with van der Waals surface area (Å²) in [5.41, 5.74) is 2.07. The zero-order chi connectivity index (χ0) is 19.2. The molecule has 0 unspecified atom stereocenters. The fraction of sp³-hybridized carbons (Fsp3) is 0.333. The van der Waals surface area contributed by atoms with Crippen molar-refractivity contribution >= 4 is 50.9 Å². The molecule has 0 aliphatic carbocycles. The van der Waals surface area contributed by atoms with E-state index in [9.17, 15) is 8.42 Å². The molecule has 1 heterocycles. The van der Waals surface area contributed by atoms with Crippen LogP contribution in [0.1, 0.15) is 11.4 Å². The lowest BCUT2D eigenvalue weighted by molar-refractivity contribution is 0.591. The van der Waals surface area contributed by atoms with Crippen molar-refractivity contribution in [1.82, 2.24) is 20.0 Å². The highest BCUT2D eigenvalue weighted by molar-refractivity contribution is 7.98. The molecule has 1 aromatic carbocycles. The molecule has 2 rings (SSSR count). The molecule has 3 N–H and O–H groups in total. The summed E-state index contributed by atoms with van der Waals surface area (Å²) in [6.45, 7) is 2.52. The van der Waals surface area contributed by atoms with Crippen LogP contribution in [-0.4, -0.2) is 43.7 Å². The van der Waals surface area contributed by atoms with Crippen LogP contribution in [0.2, 0.25) is 10.0 Å². The summed E-state index contributed by atoms with van der Waals surface area (Å²) in [4.78, 5) is 11.2. The van der Waals surface area contributed by atoms with Crippen LogP contribution in [0.5, 0.6) is 0 Å². The lowest BCUT2D eigenvalue weighted by Crippen LogP contribution is -2.41. The molecule has 26 heavy (non-hydrogen) atoms. The van der Waals surface area contributed by atoms with Gasteiger partial charge in [0.15, 0.2) is 0 Å². The molecule has 0 bridgehead atoms. The number of rotatable bonds is 7.